The Morgan fingerprint density at radius 3 is 2.45 bits per heavy atom. The molecule has 0 atom stereocenters. The van der Waals surface area contributed by atoms with E-state index in [9.17, 15) is 18.0 Å². The van der Waals surface area contributed by atoms with Crippen LogP contribution in [0.2, 0.25) is 0 Å². The van der Waals surface area contributed by atoms with Crippen LogP contribution in [0.4, 0.5) is 24.5 Å². The first-order valence-electron chi connectivity index (χ1n) is 6.28. The Morgan fingerprint density at radius 2 is 1.82 bits per heavy atom. The summed E-state index contributed by atoms with van der Waals surface area (Å²) in [6.45, 7) is 1.69. The number of hydroxylamine groups is 1. The normalized spacial score (nSPS) is 10.4. The number of carbonyl (C=O) groups excluding carboxylic acids is 1. The van der Waals surface area contributed by atoms with Gasteiger partial charge in [0.2, 0.25) is 0 Å². The molecule has 0 heterocycles. The minimum atomic E-state index is -1.29. The van der Waals surface area contributed by atoms with Crippen LogP contribution in [0, 0.1) is 24.4 Å². The van der Waals surface area contributed by atoms with Gasteiger partial charge in [0.15, 0.2) is 11.6 Å². The van der Waals surface area contributed by atoms with E-state index in [1.807, 2.05) is 5.48 Å². The van der Waals surface area contributed by atoms with Gasteiger partial charge in [0.05, 0.1) is 24.0 Å². The Labute approximate surface area is 124 Å². The highest BCUT2D eigenvalue weighted by Crippen LogP contribution is 2.28. The number of halogens is 3. The van der Waals surface area contributed by atoms with Crippen LogP contribution in [0.25, 0.3) is 0 Å². The molecule has 0 aliphatic heterocycles. The van der Waals surface area contributed by atoms with Gasteiger partial charge in [-0.2, -0.15) is 0 Å². The fourth-order valence-electron chi connectivity index (χ4n) is 1.87. The van der Waals surface area contributed by atoms with E-state index in [-0.39, 0.29) is 11.3 Å². The second-order valence-electron chi connectivity index (χ2n) is 4.53. The lowest BCUT2D eigenvalue weighted by atomic mass is 10.1. The van der Waals surface area contributed by atoms with Crippen molar-refractivity contribution in [1.82, 2.24) is 5.48 Å². The maximum absolute atomic E-state index is 14.0. The number of amides is 1. The number of rotatable bonds is 4. The molecule has 0 radical (unpaired) electrons. The third-order valence-electron chi connectivity index (χ3n) is 2.92. The van der Waals surface area contributed by atoms with Crippen LogP contribution in [0.3, 0.4) is 0 Å². The van der Waals surface area contributed by atoms with Crippen molar-refractivity contribution in [1.29, 1.82) is 0 Å². The predicted molar refractivity (Wildman–Crippen MR) is 75.3 cm³/mol. The molecule has 0 fully saturated rings. The molecule has 0 aromatic heterocycles. The largest absolute Gasteiger partial charge is 0.350 e. The monoisotopic (exact) mass is 310 g/mol. The van der Waals surface area contributed by atoms with Crippen LogP contribution in [0.5, 0.6) is 0 Å². The zero-order chi connectivity index (χ0) is 16.3. The molecule has 0 saturated heterocycles. The minimum Gasteiger partial charge on any atom is -0.350 e. The molecule has 4 nitrogen and oxygen atoms in total. The summed E-state index contributed by atoms with van der Waals surface area (Å²) in [4.78, 5) is 16.3. The lowest BCUT2D eigenvalue weighted by molar-refractivity contribution is 0.0538. The molecule has 0 unspecified atom stereocenters. The number of hydrogen-bond donors (Lipinski definition) is 2. The number of hydrogen-bond acceptors (Lipinski definition) is 3. The first kappa shape index (κ1) is 15.8. The van der Waals surface area contributed by atoms with E-state index >= 15 is 0 Å². The standard InChI is InChI=1S/C15H13F3N2O2/c1-8-3-6-12(11(17)7-8)19-14-9(15(21)20-22-2)4-5-10(16)13(14)18/h3-7,19H,1-2H3,(H,20,21). The van der Waals surface area contributed by atoms with Crippen molar-refractivity contribution in [2.24, 2.45) is 0 Å². The Kier molecular flexibility index (Phi) is 4.67. The Bertz CT molecular complexity index is 720. The molecule has 0 aliphatic rings. The highest BCUT2D eigenvalue weighted by atomic mass is 19.2. The van der Waals surface area contributed by atoms with Gasteiger partial charge in [-0.15, -0.1) is 0 Å². The minimum absolute atomic E-state index is 0.0819. The third kappa shape index (κ3) is 3.20. The van der Waals surface area contributed by atoms with Gasteiger partial charge in [-0.25, -0.2) is 18.7 Å². The van der Waals surface area contributed by atoms with Gasteiger partial charge in [0, 0.05) is 0 Å². The maximum Gasteiger partial charge on any atom is 0.277 e. The van der Waals surface area contributed by atoms with E-state index < -0.39 is 29.0 Å². The van der Waals surface area contributed by atoms with Crippen molar-refractivity contribution < 1.29 is 22.8 Å². The van der Waals surface area contributed by atoms with Crippen molar-refractivity contribution >= 4 is 17.3 Å². The van der Waals surface area contributed by atoms with Crippen molar-refractivity contribution in [3.05, 3.63) is 58.9 Å². The summed E-state index contributed by atoms with van der Waals surface area (Å²) in [5.41, 5.74) is 1.89. The highest BCUT2D eigenvalue weighted by molar-refractivity contribution is 5.99. The van der Waals surface area contributed by atoms with Gasteiger partial charge in [-0.3, -0.25) is 9.63 Å². The molecule has 116 valence electrons. The zero-order valence-electron chi connectivity index (χ0n) is 11.8. The summed E-state index contributed by atoms with van der Waals surface area (Å²) in [7, 11) is 1.20. The molecule has 0 bridgehead atoms. The number of aryl methyl sites for hydroxylation is 1. The molecule has 0 saturated carbocycles. The van der Waals surface area contributed by atoms with Crippen LogP contribution in [0.15, 0.2) is 30.3 Å². The van der Waals surface area contributed by atoms with Crippen molar-refractivity contribution in [2.75, 3.05) is 12.4 Å². The number of benzene rings is 2. The summed E-state index contributed by atoms with van der Waals surface area (Å²) < 4.78 is 41.2. The second kappa shape index (κ2) is 6.48. The quantitative estimate of drug-likeness (QED) is 0.851. The fraction of sp³-hybridized carbons (Fsp3) is 0.133. The van der Waals surface area contributed by atoms with Gasteiger partial charge in [-0.1, -0.05) is 6.07 Å². The summed E-state index contributed by atoms with van der Waals surface area (Å²) >= 11 is 0. The molecule has 2 aromatic carbocycles. The molecule has 7 heteroatoms. The number of carbonyl (C=O) groups is 1. The van der Waals surface area contributed by atoms with Gasteiger partial charge in [0.25, 0.3) is 5.91 Å². The van der Waals surface area contributed by atoms with E-state index in [4.69, 9.17) is 0 Å². The van der Waals surface area contributed by atoms with E-state index in [0.29, 0.717) is 5.56 Å². The fourth-order valence-corrected chi connectivity index (χ4v) is 1.87. The van der Waals surface area contributed by atoms with Crippen molar-refractivity contribution in [3.8, 4) is 0 Å². The molecular weight excluding hydrogens is 297 g/mol. The topological polar surface area (TPSA) is 50.4 Å². The average Bonchev–Trinajstić information content (AvgIpc) is 2.46. The van der Waals surface area contributed by atoms with E-state index in [2.05, 4.69) is 10.2 Å². The molecule has 2 rings (SSSR count). The molecule has 2 N–H and O–H groups in total. The van der Waals surface area contributed by atoms with E-state index in [0.717, 1.165) is 12.1 Å². The van der Waals surface area contributed by atoms with Gasteiger partial charge in [-0.05, 0) is 36.8 Å². The number of anilines is 2. The molecule has 0 aliphatic carbocycles. The second-order valence-corrected chi connectivity index (χ2v) is 4.53. The first-order valence-corrected chi connectivity index (χ1v) is 6.28. The van der Waals surface area contributed by atoms with Crippen LogP contribution >= 0.6 is 0 Å². The molecule has 1 amide bonds. The lowest BCUT2D eigenvalue weighted by Crippen LogP contribution is -2.23. The van der Waals surface area contributed by atoms with Crippen LogP contribution in [-0.4, -0.2) is 13.0 Å². The Morgan fingerprint density at radius 1 is 1.09 bits per heavy atom. The van der Waals surface area contributed by atoms with Crippen molar-refractivity contribution in [2.45, 2.75) is 6.92 Å². The van der Waals surface area contributed by atoms with Crippen LogP contribution in [0.1, 0.15) is 15.9 Å². The SMILES string of the molecule is CONC(=O)c1ccc(F)c(F)c1Nc1ccc(C)cc1F. The summed E-state index contributed by atoms with van der Waals surface area (Å²) in [5.74, 6) is -3.90. The van der Waals surface area contributed by atoms with Gasteiger partial charge < -0.3 is 5.32 Å². The van der Waals surface area contributed by atoms with Crippen LogP contribution in [-0.2, 0) is 4.84 Å². The maximum atomic E-state index is 14.0. The first-order chi connectivity index (χ1) is 10.4. The average molecular weight is 310 g/mol. The summed E-state index contributed by atoms with van der Waals surface area (Å²) in [6, 6.07) is 6.07. The number of nitrogens with one attached hydrogen (secondary N) is 2. The zero-order valence-corrected chi connectivity index (χ0v) is 11.8. The molecule has 22 heavy (non-hydrogen) atoms. The summed E-state index contributed by atoms with van der Waals surface area (Å²) in [6.07, 6.45) is 0. The third-order valence-corrected chi connectivity index (χ3v) is 2.92. The molecule has 0 spiro atoms. The van der Waals surface area contributed by atoms with Crippen LogP contribution < -0.4 is 10.8 Å². The van der Waals surface area contributed by atoms with E-state index in [1.54, 1.807) is 13.0 Å². The predicted octanol–water partition coefficient (Wildman–Crippen LogP) is 3.45. The Hall–Kier alpha value is -2.54. The highest BCUT2D eigenvalue weighted by Gasteiger charge is 2.20. The summed E-state index contributed by atoms with van der Waals surface area (Å²) in [5, 5.41) is 2.41. The molecule has 2 aromatic rings. The van der Waals surface area contributed by atoms with Crippen molar-refractivity contribution in [3.63, 3.8) is 0 Å². The molecular formula is C15H13F3N2O2. The lowest BCUT2D eigenvalue weighted by Gasteiger charge is -2.14. The van der Waals surface area contributed by atoms with Gasteiger partial charge >= 0.3 is 0 Å². The van der Waals surface area contributed by atoms with Gasteiger partial charge in [0.1, 0.15) is 5.82 Å². The Balaban J connectivity index is 2.48. The van der Waals surface area contributed by atoms with E-state index in [1.165, 1.54) is 19.2 Å². The smallest absolute Gasteiger partial charge is 0.277 e.